The van der Waals surface area contributed by atoms with Crippen molar-refractivity contribution in [3.05, 3.63) is 41.9 Å². The molecule has 0 saturated carbocycles. The summed E-state index contributed by atoms with van der Waals surface area (Å²) in [6, 6.07) is 7.17. The lowest BCUT2D eigenvalue weighted by atomic mass is 10.2. The molecule has 1 aromatic carbocycles. The summed E-state index contributed by atoms with van der Waals surface area (Å²) >= 11 is 0. The molecule has 100 valence electrons. The minimum Gasteiger partial charge on any atom is -0.389 e. The molecule has 1 aromatic rings. The van der Waals surface area contributed by atoms with E-state index in [0.29, 0.717) is 18.2 Å². The van der Waals surface area contributed by atoms with Crippen LogP contribution in [0.2, 0.25) is 0 Å². The fraction of sp³-hybridized carbons (Fsp3) is 0.286. The van der Waals surface area contributed by atoms with Crippen molar-refractivity contribution in [2.75, 3.05) is 11.9 Å². The maximum atomic E-state index is 12.7. The smallest absolute Gasteiger partial charge is 0.267 e. The second-order valence-electron chi connectivity index (χ2n) is 4.43. The summed E-state index contributed by atoms with van der Waals surface area (Å²) in [5.41, 5.74) is 0.418. The first kappa shape index (κ1) is 14.7. The van der Waals surface area contributed by atoms with Gasteiger partial charge in [-0.05, 0) is 30.2 Å². The van der Waals surface area contributed by atoms with E-state index in [-0.39, 0.29) is 11.4 Å². The lowest BCUT2D eigenvalue weighted by Gasteiger charge is -2.06. The summed E-state index contributed by atoms with van der Waals surface area (Å²) in [5, 5.41) is 14.3. The van der Waals surface area contributed by atoms with E-state index in [1.165, 1.54) is 30.5 Å². The standard InChI is InChI=1S/C14H16FN3O/c1-10(2)8-17-9-11(7-16)14(19)18-13-5-3-12(15)4-6-13/h3-6,9-10,17H,8H2,1-2H3,(H,18,19)/b11-9-. The van der Waals surface area contributed by atoms with Gasteiger partial charge in [0.25, 0.3) is 5.91 Å². The topological polar surface area (TPSA) is 64.9 Å². The van der Waals surface area contributed by atoms with Crippen molar-refractivity contribution < 1.29 is 9.18 Å². The third-order valence-corrected chi connectivity index (χ3v) is 2.24. The van der Waals surface area contributed by atoms with Crippen molar-refractivity contribution in [3.8, 4) is 6.07 Å². The molecule has 0 aliphatic carbocycles. The molecule has 0 spiro atoms. The Labute approximate surface area is 111 Å². The first-order valence-electron chi connectivity index (χ1n) is 5.93. The number of halogens is 1. The molecule has 0 bridgehead atoms. The quantitative estimate of drug-likeness (QED) is 0.632. The average molecular weight is 261 g/mol. The Morgan fingerprint density at radius 2 is 2.05 bits per heavy atom. The van der Waals surface area contributed by atoms with Crippen molar-refractivity contribution in [1.82, 2.24) is 5.32 Å². The molecule has 0 aromatic heterocycles. The van der Waals surface area contributed by atoms with E-state index in [2.05, 4.69) is 10.6 Å². The van der Waals surface area contributed by atoms with Gasteiger partial charge in [-0.1, -0.05) is 13.8 Å². The number of carbonyl (C=O) groups excluding carboxylic acids is 1. The Kier molecular flexibility index (Phi) is 5.55. The number of rotatable bonds is 5. The van der Waals surface area contributed by atoms with Crippen molar-refractivity contribution in [3.63, 3.8) is 0 Å². The second-order valence-corrected chi connectivity index (χ2v) is 4.43. The van der Waals surface area contributed by atoms with Gasteiger partial charge in [-0.25, -0.2) is 4.39 Å². The molecule has 1 rings (SSSR count). The van der Waals surface area contributed by atoms with Crippen LogP contribution in [0.15, 0.2) is 36.0 Å². The zero-order valence-corrected chi connectivity index (χ0v) is 10.9. The lowest BCUT2D eigenvalue weighted by Crippen LogP contribution is -2.19. The first-order chi connectivity index (χ1) is 9.02. The molecule has 0 radical (unpaired) electrons. The van der Waals surface area contributed by atoms with E-state index in [1.54, 1.807) is 0 Å². The van der Waals surface area contributed by atoms with Crippen LogP contribution in [0.25, 0.3) is 0 Å². The number of carbonyl (C=O) groups is 1. The third-order valence-electron chi connectivity index (χ3n) is 2.24. The molecule has 5 heteroatoms. The van der Waals surface area contributed by atoms with Crippen LogP contribution in [-0.4, -0.2) is 12.5 Å². The summed E-state index contributed by atoms with van der Waals surface area (Å²) in [4.78, 5) is 11.8. The predicted octanol–water partition coefficient (Wildman–Crippen LogP) is 2.42. The van der Waals surface area contributed by atoms with Gasteiger partial charge >= 0.3 is 0 Å². The Balaban J connectivity index is 2.64. The highest BCUT2D eigenvalue weighted by atomic mass is 19.1. The summed E-state index contributed by atoms with van der Waals surface area (Å²) < 4.78 is 12.7. The van der Waals surface area contributed by atoms with Gasteiger partial charge in [-0.2, -0.15) is 5.26 Å². The first-order valence-corrected chi connectivity index (χ1v) is 5.93. The largest absolute Gasteiger partial charge is 0.389 e. The van der Waals surface area contributed by atoms with E-state index in [9.17, 15) is 9.18 Å². The van der Waals surface area contributed by atoms with Crippen LogP contribution in [0.4, 0.5) is 10.1 Å². The molecule has 0 heterocycles. The molecule has 0 unspecified atom stereocenters. The number of anilines is 1. The van der Waals surface area contributed by atoms with Crippen molar-refractivity contribution in [2.24, 2.45) is 5.92 Å². The minimum absolute atomic E-state index is 0.0232. The van der Waals surface area contributed by atoms with Gasteiger partial charge in [0.05, 0.1) is 0 Å². The van der Waals surface area contributed by atoms with Crippen LogP contribution in [0.1, 0.15) is 13.8 Å². The average Bonchev–Trinajstić information content (AvgIpc) is 2.37. The van der Waals surface area contributed by atoms with Gasteiger partial charge in [0.1, 0.15) is 17.5 Å². The molecule has 0 aliphatic rings. The van der Waals surface area contributed by atoms with E-state index in [4.69, 9.17) is 5.26 Å². The highest BCUT2D eigenvalue weighted by molar-refractivity contribution is 6.06. The lowest BCUT2D eigenvalue weighted by molar-refractivity contribution is -0.112. The SMILES string of the molecule is CC(C)CN/C=C(/C#N)C(=O)Nc1ccc(F)cc1. The Morgan fingerprint density at radius 1 is 1.42 bits per heavy atom. The van der Waals surface area contributed by atoms with Crippen LogP contribution in [0.3, 0.4) is 0 Å². The normalized spacial score (nSPS) is 11.0. The second kappa shape index (κ2) is 7.17. The maximum absolute atomic E-state index is 12.7. The van der Waals surface area contributed by atoms with E-state index < -0.39 is 5.91 Å². The molecular formula is C14H16FN3O. The molecular weight excluding hydrogens is 245 g/mol. The number of nitriles is 1. The zero-order valence-electron chi connectivity index (χ0n) is 10.9. The summed E-state index contributed by atoms with van der Waals surface area (Å²) in [5.74, 6) is -0.491. The number of hydrogen-bond acceptors (Lipinski definition) is 3. The summed E-state index contributed by atoms with van der Waals surface area (Å²) in [6.07, 6.45) is 1.39. The molecule has 4 nitrogen and oxygen atoms in total. The molecule has 2 N–H and O–H groups in total. The van der Waals surface area contributed by atoms with E-state index in [1.807, 2.05) is 19.9 Å². The van der Waals surface area contributed by atoms with Gasteiger partial charge in [-0.3, -0.25) is 4.79 Å². The van der Waals surface area contributed by atoms with Crippen LogP contribution in [0.5, 0.6) is 0 Å². The number of benzene rings is 1. The van der Waals surface area contributed by atoms with Crippen molar-refractivity contribution >= 4 is 11.6 Å². The third kappa shape index (κ3) is 5.21. The fourth-order valence-electron chi connectivity index (χ4n) is 1.28. The van der Waals surface area contributed by atoms with Crippen LogP contribution in [0, 0.1) is 23.1 Å². The maximum Gasteiger partial charge on any atom is 0.267 e. The van der Waals surface area contributed by atoms with Crippen LogP contribution < -0.4 is 10.6 Å². The van der Waals surface area contributed by atoms with Crippen LogP contribution in [-0.2, 0) is 4.79 Å². The molecule has 0 aliphatic heterocycles. The summed E-state index contributed by atoms with van der Waals surface area (Å²) in [6.45, 7) is 4.71. The Hall–Kier alpha value is -2.35. The van der Waals surface area contributed by atoms with Gasteiger partial charge in [-0.15, -0.1) is 0 Å². The number of amides is 1. The Bertz CT molecular complexity index is 500. The highest BCUT2D eigenvalue weighted by Gasteiger charge is 2.09. The molecule has 0 atom stereocenters. The number of nitrogens with one attached hydrogen (secondary N) is 2. The van der Waals surface area contributed by atoms with Gasteiger partial charge in [0, 0.05) is 18.4 Å². The number of nitrogens with zero attached hydrogens (tertiary/aromatic N) is 1. The molecule has 0 saturated heterocycles. The minimum atomic E-state index is -0.523. The van der Waals surface area contributed by atoms with Crippen LogP contribution >= 0.6 is 0 Å². The van der Waals surface area contributed by atoms with Gasteiger partial charge < -0.3 is 10.6 Å². The summed E-state index contributed by atoms with van der Waals surface area (Å²) in [7, 11) is 0. The molecule has 1 amide bonds. The monoisotopic (exact) mass is 261 g/mol. The van der Waals surface area contributed by atoms with Gasteiger partial charge in [0.2, 0.25) is 0 Å². The van der Waals surface area contributed by atoms with Crippen molar-refractivity contribution in [2.45, 2.75) is 13.8 Å². The fourth-order valence-corrected chi connectivity index (χ4v) is 1.28. The predicted molar refractivity (Wildman–Crippen MR) is 71.6 cm³/mol. The van der Waals surface area contributed by atoms with E-state index in [0.717, 1.165) is 0 Å². The van der Waals surface area contributed by atoms with E-state index >= 15 is 0 Å². The molecule has 0 fully saturated rings. The highest BCUT2D eigenvalue weighted by Crippen LogP contribution is 2.09. The van der Waals surface area contributed by atoms with Gasteiger partial charge in [0.15, 0.2) is 0 Å². The Morgan fingerprint density at radius 3 is 2.58 bits per heavy atom. The number of hydrogen-bond donors (Lipinski definition) is 2. The molecule has 19 heavy (non-hydrogen) atoms. The van der Waals surface area contributed by atoms with Crippen molar-refractivity contribution in [1.29, 1.82) is 5.26 Å². The zero-order chi connectivity index (χ0) is 14.3.